The number of rotatable bonds is 9. The van der Waals surface area contributed by atoms with E-state index in [4.69, 9.17) is 9.47 Å². The van der Waals surface area contributed by atoms with Crippen LogP contribution in [0.25, 0.3) is 22.2 Å². The zero-order valence-corrected chi connectivity index (χ0v) is 29.9. The molecule has 0 aliphatic carbocycles. The van der Waals surface area contributed by atoms with Gasteiger partial charge in [-0.25, -0.2) is 0 Å². The second-order valence-corrected chi connectivity index (χ2v) is 14.5. The molecule has 0 bridgehead atoms. The first-order valence-electron chi connectivity index (χ1n) is 18.6. The lowest BCUT2D eigenvalue weighted by Crippen LogP contribution is -2.56. The second kappa shape index (κ2) is 13.0. The molecule has 1 aromatic heterocycles. The van der Waals surface area contributed by atoms with Gasteiger partial charge < -0.3 is 19.1 Å². The number of fused-ring (bicyclic) bond motifs is 1. The van der Waals surface area contributed by atoms with Gasteiger partial charge in [-0.3, -0.25) is 4.90 Å². The third kappa shape index (κ3) is 6.15. The van der Waals surface area contributed by atoms with Crippen molar-refractivity contribution in [2.45, 2.75) is 131 Å². The number of methoxy groups -OCH3 is 1. The number of likely N-dealkylation sites (tertiary alicyclic amines) is 1. The van der Waals surface area contributed by atoms with Crippen molar-refractivity contribution in [3.05, 3.63) is 76.8 Å². The second-order valence-electron chi connectivity index (χ2n) is 14.5. The zero-order chi connectivity index (χ0) is 36.2. The van der Waals surface area contributed by atoms with Crippen LogP contribution in [-0.2, 0) is 12.0 Å². The first kappa shape index (κ1) is 29.9. The van der Waals surface area contributed by atoms with Crippen LogP contribution in [0.5, 0.6) is 17.2 Å². The Balaban J connectivity index is 1.67. The van der Waals surface area contributed by atoms with Crippen LogP contribution in [0.15, 0.2) is 54.5 Å². The van der Waals surface area contributed by atoms with Gasteiger partial charge in [0.25, 0.3) is 0 Å². The quantitative estimate of drug-likeness (QED) is 0.201. The summed E-state index contributed by atoms with van der Waals surface area (Å²) in [6.07, 6.45) is 5.14. The largest absolute Gasteiger partial charge is 0.508 e. The first-order chi connectivity index (χ1) is 23.0. The molecule has 0 spiro atoms. The lowest BCUT2D eigenvalue weighted by Gasteiger charge is -2.46. The van der Waals surface area contributed by atoms with Gasteiger partial charge in [-0.05, 0) is 158 Å². The first-order valence-corrected chi connectivity index (χ1v) is 17.1. The van der Waals surface area contributed by atoms with Crippen molar-refractivity contribution in [1.29, 1.82) is 0 Å². The highest BCUT2D eigenvalue weighted by molar-refractivity contribution is 5.94. The molecule has 2 heterocycles. The molecule has 0 saturated carbocycles. The van der Waals surface area contributed by atoms with Gasteiger partial charge in [-0.15, -0.1) is 0 Å². The Kier molecular flexibility index (Phi) is 8.45. The zero-order valence-electron chi connectivity index (χ0n) is 32.9. The summed E-state index contributed by atoms with van der Waals surface area (Å²) in [4.78, 5) is 2.56. The number of ether oxygens (including phenoxy) is 2. The molecule has 1 N–H and O–H groups in total. The Morgan fingerprint density at radius 3 is 2.41 bits per heavy atom. The third-order valence-electron chi connectivity index (χ3n) is 10.5. The van der Waals surface area contributed by atoms with Crippen molar-refractivity contribution in [2.24, 2.45) is 0 Å². The Labute approximate surface area is 281 Å². The molecule has 46 heavy (non-hydrogen) atoms. The molecule has 3 atom stereocenters. The van der Waals surface area contributed by atoms with Crippen molar-refractivity contribution in [1.82, 2.24) is 9.47 Å². The van der Waals surface area contributed by atoms with Gasteiger partial charge in [0.2, 0.25) is 0 Å². The summed E-state index contributed by atoms with van der Waals surface area (Å²) in [5, 5.41) is 11.2. The smallest absolute Gasteiger partial charge is 0.122 e. The van der Waals surface area contributed by atoms with Crippen LogP contribution in [0.4, 0.5) is 0 Å². The van der Waals surface area contributed by atoms with Crippen LogP contribution < -0.4 is 9.47 Å². The van der Waals surface area contributed by atoms with E-state index < -0.39 is 5.54 Å². The highest BCUT2D eigenvalue weighted by Gasteiger charge is 2.38. The predicted octanol–water partition coefficient (Wildman–Crippen LogP) is 10.2. The van der Waals surface area contributed by atoms with Gasteiger partial charge >= 0.3 is 0 Å². The number of aromatic hydroxyl groups is 1. The fourth-order valence-electron chi connectivity index (χ4n) is 8.15. The lowest BCUT2D eigenvalue weighted by molar-refractivity contribution is -0.00893. The molecule has 0 radical (unpaired) electrons. The van der Waals surface area contributed by atoms with Crippen LogP contribution in [0, 0.1) is 13.8 Å². The maximum atomic E-state index is 10.2. The average Bonchev–Trinajstić information content (AvgIpc) is 3.29. The summed E-state index contributed by atoms with van der Waals surface area (Å²) in [7, 11) is 1.68. The van der Waals surface area contributed by atoms with E-state index in [1.54, 1.807) is 19.2 Å². The van der Waals surface area contributed by atoms with E-state index in [0.29, 0.717) is 17.2 Å². The molecule has 5 heteroatoms. The molecule has 1 saturated heterocycles. The molecule has 1 aliphatic heterocycles. The van der Waals surface area contributed by atoms with Gasteiger partial charge in [0, 0.05) is 23.0 Å². The topological polar surface area (TPSA) is 46.9 Å². The Hall–Kier alpha value is -3.44. The summed E-state index contributed by atoms with van der Waals surface area (Å²) in [6.45, 7) is 21.3. The van der Waals surface area contributed by atoms with Crippen LogP contribution >= 0.6 is 0 Å². The third-order valence-corrected chi connectivity index (χ3v) is 10.5. The summed E-state index contributed by atoms with van der Waals surface area (Å²) in [5.41, 5.74) is 5.42. The van der Waals surface area contributed by atoms with Crippen LogP contribution in [0.3, 0.4) is 0 Å². The average molecular weight is 628 g/mol. The maximum absolute atomic E-state index is 10.2. The number of aryl methyl sites for hydroxylation is 2. The van der Waals surface area contributed by atoms with Crippen molar-refractivity contribution < 1.29 is 18.7 Å². The van der Waals surface area contributed by atoms with Crippen LogP contribution in [-0.4, -0.2) is 45.4 Å². The Morgan fingerprint density at radius 2 is 1.76 bits per heavy atom. The molecule has 1 aliphatic rings. The van der Waals surface area contributed by atoms with Crippen molar-refractivity contribution in [3.8, 4) is 28.5 Å². The molecule has 5 nitrogen and oxygen atoms in total. The fraction of sp³-hybridized carbons (Fsp3) is 0.512. The van der Waals surface area contributed by atoms with Crippen molar-refractivity contribution in [3.63, 3.8) is 0 Å². The molecule has 5 rings (SSSR count). The van der Waals surface area contributed by atoms with Gasteiger partial charge in [0.15, 0.2) is 0 Å². The molecule has 0 amide bonds. The molecule has 3 unspecified atom stereocenters. The molecule has 4 aromatic rings. The lowest BCUT2D eigenvalue weighted by atomic mass is 9.89. The van der Waals surface area contributed by atoms with E-state index in [2.05, 4.69) is 70.1 Å². The molecule has 248 valence electrons. The van der Waals surface area contributed by atoms with E-state index >= 15 is 0 Å². The Bertz CT molecular complexity index is 1810. The molecular formula is C41H56N2O3. The minimum absolute atomic E-state index is 0.0133. The molecule has 3 aromatic carbocycles. The number of hydrogen-bond donors (Lipinski definition) is 1. The fourth-order valence-corrected chi connectivity index (χ4v) is 8.15. The molecule has 1 fully saturated rings. The highest BCUT2D eigenvalue weighted by atomic mass is 16.5. The number of benzene rings is 3. The normalized spacial score (nSPS) is 19.6. The van der Waals surface area contributed by atoms with E-state index in [1.165, 1.54) is 12.8 Å². The van der Waals surface area contributed by atoms with E-state index in [1.807, 2.05) is 32.9 Å². The number of aromatic nitrogens is 1. The van der Waals surface area contributed by atoms with Crippen molar-refractivity contribution in [2.75, 3.05) is 7.11 Å². The van der Waals surface area contributed by atoms with Crippen molar-refractivity contribution >= 4 is 10.9 Å². The van der Waals surface area contributed by atoms with E-state index in [-0.39, 0.29) is 47.3 Å². The minimum atomic E-state index is -0.852. The maximum Gasteiger partial charge on any atom is 0.122 e. The van der Waals surface area contributed by atoms with E-state index in [0.717, 1.165) is 58.3 Å². The minimum Gasteiger partial charge on any atom is -0.508 e. The van der Waals surface area contributed by atoms with Crippen LogP contribution in [0.1, 0.15) is 107 Å². The summed E-state index contributed by atoms with van der Waals surface area (Å²) in [5.74, 6) is 1.17. The Morgan fingerprint density at radius 1 is 1.07 bits per heavy atom. The number of phenolic OH excluding ortho intramolecular Hbond substituents is 1. The number of phenols is 1. The molecular weight excluding hydrogens is 568 g/mol. The highest BCUT2D eigenvalue weighted by Crippen LogP contribution is 2.44. The van der Waals surface area contributed by atoms with E-state index in [9.17, 15) is 9.22 Å². The van der Waals surface area contributed by atoms with Gasteiger partial charge in [0.05, 0.1) is 28.0 Å². The van der Waals surface area contributed by atoms with Gasteiger partial charge in [-0.1, -0.05) is 25.8 Å². The van der Waals surface area contributed by atoms with Gasteiger partial charge in [-0.2, -0.15) is 0 Å². The standard InChI is InChI=1S/C41H56N2O3/c1-12-34-35-25-38(45-11)27(3)24-37(35)43(39(34)31-16-18-32(44)19-17-31)41(9,10)36-21-20-33(23-26(36)2)46-30(6)29(5)42-28(4)15-13-14-22-40(42,7)8/h16-21,23-25,28-30,44H,12-15,22H2,1-11H3/i20D,21D,23D. The predicted molar refractivity (Wildman–Crippen MR) is 193 cm³/mol. The summed E-state index contributed by atoms with van der Waals surface area (Å²) < 4.78 is 42.7. The monoisotopic (exact) mass is 627 g/mol. The number of nitrogens with zero attached hydrogens (tertiary/aromatic N) is 2. The van der Waals surface area contributed by atoms with Crippen LogP contribution in [0.2, 0.25) is 0 Å². The summed E-state index contributed by atoms with van der Waals surface area (Å²) in [6, 6.07) is 12.1. The SMILES string of the molecule is [2H]c1c([2H])c(C(C)(C)n2c(-c3ccc(O)cc3)c(CC)c3cc(OC)c(C)cc32)c(C)c([2H])c1OC(C)C(C)N1C(C)CCCCC1(C)C. The number of hydrogen-bond acceptors (Lipinski definition) is 4. The van der Waals surface area contributed by atoms with Gasteiger partial charge in [0.1, 0.15) is 23.4 Å². The summed E-state index contributed by atoms with van der Waals surface area (Å²) >= 11 is 0.